The molecule has 2 bridgehead atoms. The zero-order valence-electron chi connectivity index (χ0n) is 9.95. The van der Waals surface area contributed by atoms with Crippen molar-refractivity contribution in [2.75, 3.05) is 6.54 Å². The van der Waals surface area contributed by atoms with Gasteiger partial charge in [-0.25, -0.2) is 4.79 Å². The molecule has 0 aromatic rings. The molecule has 3 aliphatic carbocycles. The normalized spacial score (nSPS) is 30.9. The first-order valence-corrected chi connectivity index (χ1v) is 6.41. The van der Waals surface area contributed by atoms with E-state index in [-0.39, 0.29) is 19.0 Å². The van der Waals surface area contributed by atoms with Crippen LogP contribution in [0.25, 0.3) is 0 Å². The standard InChI is InChI=1S/C12H20N2O3/c15-11(16)5-6-13-12(17)14-10-7-8-1-3-9(10)4-2-8/h8-10H,1-7H2,(H,15,16)(H2,13,14,17). The zero-order chi connectivity index (χ0) is 12.3. The molecular weight excluding hydrogens is 220 g/mol. The molecule has 5 nitrogen and oxygen atoms in total. The van der Waals surface area contributed by atoms with Crippen molar-refractivity contribution in [2.24, 2.45) is 11.8 Å². The Morgan fingerprint density at radius 2 is 1.88 bits per heavy atom. The summed E-state index contributed by atoms with van der Waals surface area (Å²) in [5.41, 5.74) is 0. The molecule has 0 aromatic heterocycles. The van der Waals surface area contributed by atoms with Crippen molar-refractivity contribution in [3.8, 4) is 0 Å². The van der Waals surface area contributed by atoms with E-state index in [1.807, 2.05) is 0 Å². The van der Waals surface area contributed by atoms with Gasteiger partial charge in [0.05, 0.1) is 6.42 Å². The van der Waals surface area contributed by atoms with Crippen molar-refractivity contribution in [3.05, 3.63) is 0 Å². The highest BCUT2D eigenvalue weighted by molar-refractivity contribution is 5.75. The Labute approximate surface area is 101 Å². The van der Waals surface area contributed by atoms with Gasteiger partial charge in [-0.05, 0) is 31.1 Å². The maximum atomic E-state index is 11.6. The van der Waals surface area contributed by atoms with E-state index in [1.54, 1.807) is 0 Å². The number of nitrogens with one attached hydrogen (secondary N) is 2. The fourth-order valence-electron chi connectivity index (χ4n) is 3.06. The summed E-state index contributed by atoms with van der Waals surface area (Å²) in [6.45, 7) is 0.196. The van der Waals surface area contributed by atoms with Crippen molar-refractivity contribution in [2.45, 2.75) is 44.6 Å². The summed E-state index contributed by atoms with van der Waals surface area (Å²) < 4.78 is 0. The first-order valence-electron chi connectivity index (χ1n) is 6.41. The van der Waals surface area contributed by atoms with Gasteiger partial charge in [-0.15, -0.1) is 0 Å². The minimum absolute atomic E-state index is 0.0237. The molecule has 0 saturated heterocycles. The van der Waals surface area contributed by atoms with Gasteiger partial charge in [0, 0.05) is 12.6 Å². The van der Waals surface area contributed by atoms with E-state index in [2.05, 4.69) is 10.6 Å². The van der Waals surface area contributed by atoms with Crippen LogP contribution in [0.15, 0.2) is 0 Å². The van der Waals surface area contributed by atoms with Crippen LogP contribution in [0, 0.1) is 11.8 Å². The number of carbonyl (C=O) groups excluding carboxylic acids is 1. The molecule has 3 N–H and O–H groups in total. The number of urea groups is 1. The van der Waals surface area contributed by atoms with Crippen LogP contribution in [0.1, 0.15) is 38.5 Å². The van der Waals surface area contributed by atoms with E-state index < -0.39 is 5.97 Å². The van der Waals surface area contributed by atoms with Crippen LogP contribution in [-0.2, 0) is 4.79 Å². The number of carboxylic acid groups (broad SMARTS) is 1. The first kappa shape index (κ1) is 12.2. The van der Waals surface area contributed by atoms with Crippen LogP contribution in [0.5, 0.6) is 0 Å². The lowest BCUT2D eigenvalue weighted by Crippen LogP contribution is -2.50. The molecule has 3 aliphatic rings. The molecule has 1 atom stereocenters. The van der Waals surface area contributed by atoms with Crippen molar-refractivity contribution in [3.63, 3.8) is 0 Å². The van der Waals surface area contributed by atoms with Crippen LogP contribution in [0.3, 0.4) is 0 Å². The molecule has 3 fully saturated rings. The van der Waals surface area contributed by atoms with Gasteiger partial charge in [-0.1, -0.05) is 12.8 Å². The highest BCUT2D eigenvalue weighted by atomic mass is 16.4. The van der Waals surface area contributed by atoms with E-state index in [4.69, 9.17) is 5.11 Å². The summed E-state index contributed by atoms with van der Waals surface area (Å²) in [4.78, 5) is 21.9. The molecule has 3 rings (SSSR count). The maximum Gasteiger partial charge on any atom is 0.315 e. The second-order valence-electron chi connectivity index (χ2n) is 5.17. The number of hydrogen-bond donors (Lipinski definition) is 3. The zero-order valence-corrected chi connectivity index (χ0v) is 9.95. The van der Waals surface area contributed by atoms with E-state index >= 15 is 0 Å². The number of fused-ring (bicyclic) bond motifs is 3. The number of carboxylic acids is 1. The fourth-order valence-corrected chi connectivity index (χ4v) is 3.06. The summed E-state index contributed by atoms with van der Waals surface area (Å²) in [5.74, 6) is 0.525. The highest BCUT2D eigenvalue weighted by Crippen LogP contribution is 2.41. The minimum atomic E-state index is -0.887. The van der Waals surface area contributed by atoms with E-state index in [0.29, 0.717) is 12.0 Å². The van der Waals surface area contributed by atoms with E-state index in [0.717, 1.165) is 12.3 Å². The van der Waals surface area contributed by atoms with E-state index in [9.17, 15) is 9.59 Å². The van der Waals surface area contributed by atoms with Crippen LogP contribution in [-0.4, -0.2) is 29.7 Å². The molecule has 0 spiro atoms. The van der Waals surface area contributed by atoms with Crippen molar-refractivity contribution in [1.82, 2.24) is 10.6 Å². The van der Waals surface area contributed by atoms with Crippen molar-refractivity contribution in [1.29, 1.82) is 0 Å². The molecule has 0 aromatic carbocycles. The van der Waals surface area contributed by atoms with Gasteiger partial charge in [-0.3, -0.25) is 4.79 Å². The number of rotatable bonds is 4. The number of carbonyl (C=O) groups is 2. The molecule has 17 heavy (non-hydrogen) atoms. The van der Waals surface area contributed by atoms with Gasteiger partial charge in [0.25, 0.3) is 0 Å². The lowest BCUT2D eigenvalue weighted by Gasteiger charge is -2.42. The Kier molecular flexibility index (Phi) is 3.86. The van der Waals surface area contributed by atoms with Gasteiger partial charge in [-0.2, -0.15) is 0 Å². The third-order valence-corrected chi connectivity index (χ3v) is 3.99. The molecule has 5 heteroatoms. The maximum absolute atomic E-state index is 11.6. The first-order chi connectivity index (χ1) is 8.15. The highest BCUT2D eigenvalue weighted by Gasteiger charge is 2.36. The van der Waals surface area contributed by atoms with Crippen molar-refractivity contribution < 1.29 is 14.7 Å². The lowest BCUT2D eigenvalue weighted by molar-refractivity contribution is -0.136. The molecule has 0 aliphatic heterocycles. The average molecular weight is 240 g/mol. The molecule has 3 saturated carbocycles. The van der Waals surface area contributed by atoms with Crippen LogP contribution < -0.4 is 10.6 Å². The number of hydrogen-bond acceptors (Lipinski definition) is 2. The summed E-state index contributed by atoms with van der Waals surface area (Å²) >= 11 is 0. The molecule has 1 unspecified atom stereocenters. The monoisotopic (exact) mass is 240 g/mol. The quantitative estimate of drug-likeness (QED) is 0.694. The summed E-state index contributed by atoms with van der Waals surface area (Å²) in [7, 11) is 0. The van der Waals surface area contributed by atoms with Crippen LogP contribution >= 0.6 is 0 Å². The molecule has 0 heterocycles. The van der Waals surface area contributed by atoms with Crippen LogP contribution in [0.2, 0.25) is 0 Å². The van der Waals surface area contributed by atoms with Gasteiger partial charge in [0.15, 0.2) is 0 Å². The predicted molar refractivity (Wildman–Crippen MR) is 62.6 cm³/mol. The Hall–Kier alpha value is -1.26. The van der Waals surface area contributed by atoms with Crippen molar-refractivity contribution >= 4 is 12.0 Å². The second kappa shape index (κ2) is 5.38. The molecule has 0 radical (unpaired) electrons. The lowest BCUT2D eigenvalue weighted by atomic mass is 9.68. The molecule has 2 amide bonds. The largest absolute Gasteiger partial charge is 0.481 e. The Balaban J connectivity index is 1.70. The average Bonchev–Trinajstić information content (AvgIpc) is 2.30. The Bertz CT molecular complexity index is 298. The summed E-state index contributed by atoms with van der Waals surface area (Å²) in [6, 6.07) is 0.0797. The minimum Gasteiger partial charge on any atom is -0.481 e. The van der Waals surface area contributed by atoms with Crippen LogP contribution in [0.4, 0.5) is 4.79 Å². The van der Waals surface area contributed by atoms with Gasteiger partial charge in [0.2, 0.25) is 0 Å². The topological polar surface area (TPSA) is 78.4 Å². The third kappa shape index (κ3) is 3.35. The summed E-state index contributed by atoms with van der Waals surface area (Å²) in [5, 5.41) is 14.0. The SMILES string of the molecule is O=C(O)CCNC(=O)NC1CC2CCC1CC2. The van der Waals surface area contributed by atoms with Gasteiger partial charge < -0.3 is 15.7 Å². The van der Waals surface area contributed by atoms with E-state index in [1.165, 1.54) is 25.7 Å². The van der Waals surface area contributed by atoms with Gasteiger partial charge in [0.1, 0.15) is 0 Å². The summed E-state index contributed by atoms with van der Waals surface area (Å²) in [6.07, 6.45) is 6.14. The van der Waals surface area contributed by atoms with Gasteiger partial charge >= 0.3 is 12.0 Å². The molecule has 96 valence electrons. The Morgan fingerprint density at radius 3 is 2.41 bits per heavy atom. The second-order valence-corrected chi connectivity index (χ2v) is 5.17. The third-order valence-electron chi connectivity index (χ3n) is 3.99. The fraction of sp³-hybridized carbons (Fsp3) is 0.833. The smallest absolute Gasteiger partial charge is 0.315 e. The predicted octanol–water partition coefficient (Wildman–Crippen LogP) is 1.34. The Morgan fingerprint density at radius 1 is 1.18 bits per heavy atom. The number of amides is 2. The molecular formula is C12H20N2O3. The number of aliphatic carboxylic acids is 1.